The molecule has 0 amide bonds. The van der Waals surface area contributed by atoms with Gasteiger partial charge in [-0.15, -0.1) is 24.0 Å². The highest BCUT2D eigenvalue weighted by Gasteiger charge is 2.09. The smallest absolute Gasteiger partial charge is 0.218 e. The van der Waals surface area contributed by atoms with Crippen molar-refractivity contribution in [3.8, 4) is 11.6 Å². The summed E-state index contributed by atoms with van der Waals surface area (Å²) >= 11 is 0. The van der Waals surface area contributed by atoms with Crippen LogP contribution in [0.15, 0.2) is 47.6 Å². The summed E-state index contributed by atoms with van der Waals surface area (Å²) in [6, 6.07) is 10.2. The molecule has 2 N–H and O–H groups in total. The normalized spacial score (nSPS) is 11.9. The summed E-state index contributed by atoms with van der Waals surface area (Å²) in [6.07, 6.45) is 1.46. The third-order valence-electron chi connectivity index (χ3n) is 3.60. The lowest BCUT2D eigenvalue weighted by Crippen LogP contribution is -2.41. The van der Waals surface area contributed by atoms with Crippen molar-refractivity contribution in [3.05, 3.63) is 54.0 Å². The van der Waals surface area contributed by atoms with Crippen LogP contribution < -0.4 is 20.1 Å². The van der Waals surface area contributed by atoms with Crippen LogP contribution in [0, 0.1) is 5.82 Å². The summed E-state index contributed by atoms with van der Waals surface area (Å²) in [7, 11) is 0. The molecule has 1 aromatic heterocycles. The number of pyridine rings is 1. The van der Waals surface area contributed by atoms with E-state index < -0.39 is 0 Å². The van der Waals surface area contributed by atoms with E-state index in [0.29, 0.717) is 31.5 Å². The van der Waals surface area contributed by atoms with Gasteiger partial charge in [-0.25, -0.2) is 14.4 Å². The molecular weight excluding hydrogens is 474 g/mol. The van der Waals surface area contributed by atoms with Gasteiger partial charge < -0.3 is 20.1 Å². The third-order valence-corrected chi connectivity index (χ3v) is 3.60. The Hall–Kier alpha value is -2.10. The summed E-state index contributed by atoms with van der Waals surface area (Å²) < 4.78 is 24.8. The van der Waals surface area contributed by atoms with Crippen LogP contribution in [0.4, 0.5) is 4.39 Å². The molecule has 0 aliphatic carbocycles. The van der Waals surface area contributed by atoms with Crippen LogP contribution in [0.5, 0.6) is 11.6 Å². The molecule has 1 atom stereocenters. The second-order valence-electron chi connectivity index (χ2n) is 5.84. The second-order valence-corrected chi connectivity index (χ2v) is 5.84. The van der Waals surface area contributed by atoms with E-state index in [9.17, 15) is 4.39 Å². The third kappa shape index (κ3) is 7.87. The molecule has 0 saturated carbocycles. The van der Waals surface area contributed by atoms with Gasteiger partial charge in [0.1, 0.15) is 6.10 Å². The number of nitrogens with zero attached hydrogens (tertiary/aromatic N) is 2. The zero-order chi connectivity index (χ0) is 19.5. The van der Waals surface area contributed by atoms with Gasteiger partial charge in [0.05, 0.1) is 19.7 Å². The number of hydrogen-bond acceptors (Lipinski definition) is 4. The number of benzene rings is 1. The average molecular weight is 502 g/mol. The number of hydrogen-bond donors (Lipinski definition) is 2. The molecular formula is C20H28FIN4O2. The van der Waals surface area contributed by atoms with Crippen molar-refractivity contribution in [3.63, 3.8) is 0 Å². The lowest BCUT2D eigenvalue weighted by molar-refractivity contribution is 0.214. The standard InChI is InChI=1S/C20H27FN4O2.HI/c1-4-22-20(25-14-16-9-8-12-23-19(16)26-5-2)24-13-15(3)27-18-11-7-6-10-17(18)21;/h6-12,15H,4-5,13-14H2,1-3H3,(H2,22,24,25);1H. The largest absolute Gasteiger partial charge is 0.486 e. The van der Waals surface area contributed by atoms with E-state index in [4.69, 9.17) is 9.47 Å². The van der Waals surface area contributed by atoms with E-state index in [0.717, 1.165) is 12.1 Å². The first-order valence-electron chi connectivity index (χ1n) is 9.14. The highest BCUT2D eigenvalue weighted by molar-refractivity contribution is 14.0. The Morgan fingerprint density at radius 2 is 1.96 bits per heavy atom. The maximum atomic E-state index is 13.7. The quantitative estimate of drug-likeness (QED) is 0.311. The number of nitrogens with one attached hydrogen (secondary N) is 2. The van der Waals surface area contributed by atoms with Crippen LogP contribution >= 0.6 is 24.0 Å². The minimum absolute atomic E-state index is 0. The Kier molecular flexibility index (Phi) is 11.2. The van der Waals surface area contributed by atoms with Gasteiger partial charge in [0.25, 0.3) is 0 Å². The number of halogens is 2. The molecule has 6 nitrogen and oxygen atoms in total. The predicted octanol–water partition coefficient (Wildman–Crippen LogP) is 3.76. The van der Waals surface area contributed by atoms with E-state index in [1.54, 1.807) is 24.4 Å². The number of para-hydroxylation sites is 1. The molecule has 0 aliphatic rings. The molecule has 1 heterocycles. The van der Waals surface area contributed by atoms with E-state index in [2.05, 4.69) is 20.6 Å². The minimum Gasteiger partial charge on any atom is -0.486 e. The van der Waals surface area contributed by atoms with Gasteiger partial charge >= 0.3 is 0 Å². The molecule has 0 bridgehead atoms. The fraction of sp³-hybridized carbons (Fsp3) is 0.400. The molecule has 0 saturated heterocycles. The Balaban J connectivity index is 0.00000392. The maximum Gasteiger partial charge on any atom is 0.218 e. The molecule has 0 spiro atoms. The summed E-state index contributed by atoms with van der Waals surface area (Å²) in [4.78, 5) is 8.80. The Morgan fingerprint density at radius 3 is 2.68 bits per heavy atom. The van der Waals surface area contributed by atoms with Gasteiger partial charge in [-0.3, -0.25) is 0 Å². The number of ether oxygens (including phenoxy) is 2. The topological polar surface area (TPSA) is 67.8 Å². The summed E-state index contributed by atoms with van der Waals surface area (Å²) in [6.45, 7) is 7.97. The number of aliphatic imine (C=N–C) groups is 1. The fourth-order valence-electron chi connectivity index (χ4n) is 2.36. The first-order chi connectivity index (χ1) is 13.1. The van der Waals surface area contributed by atoms with Crippen LogP contribution in [0.3, 0.4) is 0 Å². The van der Waals surface area contributed by atoms with Gasteiger partial charge in [-0.05, 0) is 39.0 Å². The van der Waals surface area contributed by atoms with Crippen molar-refractivity contribution in [2.24, 2.45) is 4.99 Å². The Labute approximate surface area is 183 Å². The van der Waals surface area contributed by atoms with Crippen molar-refractivity contribution < 1.29 is 13.9 Å². The lowest BCUT2D eigenvalue weighted by atomic mass is 10.3. The predicted molar refractivity (Wildman–Crippen MR) is 120 cm³/mol. The zero-order valence-corrected chi connectivity index (χ0v) is 18.8. The lowest BCUT2D eigenvalue weighted by Gasteiger charge is -2.18. The van der Waals surface area contributed by atoms with Crippen molar-refractivity contribution in [2.45, 2.75) is 33.4 Å². The molecule has 2 rings (SSSR count). The van der Waals surface area contributed by atoms with Crippen LogP contribution in [0.2, 0.25) is 0 Å². The highest BCUT2D eigenvalue weighted by atomic mass is 127. The second kappa shape index (κ2) is 13.1. The first-order valence-corrected chi connectivity index (χ1v) is 9.14. The average Bonchev–Trinajstić information content (AvgIpc) is 2.67. The zero-order valence-electron chi connectivity index (χ0n) is 16.4. The van der Waals surface area contributed by atoms with Gasteiger partial charge in [0, 0.05) is 18.3 Å². The molecule has 154 valence electrons. The van der Waals surface area contributed by atoms with Crippen LogP contribution in [-0.4, -0.2) is 36.7 Å². The number of aromatic nitrogens is 1. The van der Waals surface area contributed by atoms with E-state index in [1.807, 2.05) is 32.9 Å². The maximum absolute atomic E-state index is 13.7. The van der Waals surface area contributed by atoms with E-state index in [-0.39, 0.29) is 41.6 Å². The number of guanidine groups is 1. The van der Waals surface area contributed by atoms with E-state index >= 15 is 0 Å². The van der Waals surface area contributed by atoms with Crippen molar-refractivity contribution >= 4 is 29.9 Å². The number of rotatable bonds is 9. The van der Waals surface area contributed by atoms with Gasteiger partial charge in [0.15, 0.2) is 17.5 Å². The minimum atomic E-state index is -0.370. The molecule has 1 aromatic carbocycles. The summed E-state index contributed by atoms with van der Waals surface area (Å²) in [5, 5.41) is 6.40. The highest BCUT2D eigenvalue weighted by Crippen LogP contribution is 2.17. The summed E-state index contributed by atoms with van der Waals surface area (Å²) in [5.74, 6) is 1.11. The SMILES string of the molecule is CCNC(=NCc1cccnc1OCC)NCC(C)Oc1ccccc1F.I. The van der Waals surface area contributed by atoms with Crippen molar-refractivity contribution in [2.75, 3.05) is 19.7 Å². The molecule has 2 aromatic rings. The van der Waals surface area contributed by atoms with Crippen molar-refractivity contribution in [1.82, 2.24) is 15.6 Å². The van der Waals surface area contributed by atoms with Crippen LogP contribution in [0.1, 0.15) is 26.3 Å². The molecule has 1 unspecified atom stereocenters. The van der Waals surface area contributed by atoms with Gasteiger partial charge in [-0.2, -0.15) is 0 Å². The molecule has 0 radical (unpaired) electrons. The van der Waals surface area contributed by atoms with E-state index in [1.165, 1.54) is 6.07 Å². The Bertz CT molecular complexity index is 746. The Morgan fingerprint density at radius 1 is 1.18 bits per heavy atom. The monoisotopic (exact) mass is 502 g/mol. The van der Waals surface area contributed by atoms with Crippen LogP contribution in [-0.2, 0) is 6.54 Å². The first kappa shape index (κ1) is 23.9. The molecule has 8 heteroatoms. The molecule has 0 fully saturated rings. The summed E-state index contributed by atoms with van der Waals surface area (Å²) in [5.41, 5.74) is 0.909. The van der Waals surface area contributed by atoms with Gasteiger partial charge in [-0.1, -0.05) is 18.2 Å². The van der Waals surface area contributed by atoms with Crippen molar-refractivity contribution in [1.29, 1.82) is 0 Å². The molecule has 0 aliphatic heterocycles. The molecule has 28 heavy (non-hydrogen) atoms. The fourth-order valence-corrected chi connectivity index (χ4v) is 2.36. The van der Waals surface area contributed by atoms with Crippen LogP contribution in [0.25, 0.3) is 0 Å². The van der Waals surface area contributed by atoms with Gasteiger partial charge in [0.2, 0.25) is 5.88 Å².